The molecule has 5 heteroatoms. The van der Waals surface area contributed by atoms with Gasteiger partial charge in [0.2, 0.25) is 0 Å². The normalized spacial score (nSPS) is 10.1. The number of carboxylic acids is 1. The van der Waals surface area contributed by atoms with E-state index in [1.165, 1.54) is 13.0 Å². The van der Waals surface area contributed by atoms with Gasteiger partial charge in [-0.1, -0.05) is 6.07 Å². The summed E-state index contributed by atoms with van der Waals surface area (Å²) in [6, 6.07) is 2.47. The Morgan fingerprint density at radius 1 is 1.47 bits per heavy atom. The number of hydrogen-bond donors (Lipinski definition) is 2. The number of halogens is 2. The maximum Gasteiger partial charge on any atom is 0.305 e. The monoisotopic (exact) mass is 215 g/mol. The first-order valence-electron chi connectivity index (χ1n) is 4.42. The Kier molecular flexibility index (Phi) is 3.60. The van der Waals surface area contributed by atoms with Crippen LogP contribution in [0.25, 0.3) is 0 Å². The number of nitrogens with one attached hydrogen (secondary N) is 1. The molecule has 0 amide bonds. The standard InChI is InChI=1S/C10H11F2NO2/c1-6-2-3-7(11)10(9(6)12)13-5-4-8(14)15/h2-3,13H,4-5H2,1H3,(H,14,15). The van der Waals surface area contributed by atoms with Crippen molar-refractivity contribution in [1.82, 2.24) is 0 Å². The Labute approximate surface area is 85.7 Å². The summed E-state index contributed by atoms with van der Waals surface area (Å²) < 4.78 is 26.4. The van der Waals surface area contributed by atoms with Crippen molar-refractivity contribution >= 4 is 11.7 Å². The number of anilines is 1. The van der Waals surface area contributed by atoms with Gasteiger partial charge in [0.1, 0.15) is 11.5 Å². The van der Waals surface area contributed by atoms with E-state index in [4.69, 9.17) is 5.11 Å². The third-order valence-corrected chi connectivity index (χ3v) is 1.92. The van der Waals surface area contributed by atoms with Crippen molar-refractivity contribution in [3.8, 4) is 0 Å². The zero-order chi connectivity index (χ0) is 11.4. The molecule has 0 saturated carbocycles. The van der Waals surface area contributed by atoms with E-state index in [2.05, 4.69) is 5.32 Å². The molecule has 15 heavy (non-hydrogen) atoms. The first-order valence-corrected chi connectivity index (χ1v) is 4.42. The van der Waals surface area contributed by atoms with E-state index in [1.807, 2.05) is 0 Å². The number of benzene rings is 1. The van der Waals surface area contributed by atoms with Crippen molar-refractivity contribution in [2.24, 2.45) is 0 Å². The third-order valence-electron chi connectivity index (χ3n) is 1.92. The zero-order valence-corrected chi connectivity index (χ0v) is 8.18. The lowest BCUT2D eigenvalue weighted by molar-refractivity contribution is -0.136. The first kappa shape index (κ1) is 11.4. The van der Waals surface area contributed by atoms with Gasteiger partial charge >= 0.3 is 5.97 Å². The maximum atomic E-state index is 13.3. The summed E-state index contributed by atoms with van der Waals surface area (Å²) >= 11 is 0. The topological polar surface area (TPSA) is 49.3 Å². The van der Waals surface area contributed by atoms with Crippen LogP contribution in [0.4, 0.5) is 14.5 Å². The van der Waals surface area contributed by atoms with Crippen molar-refractivity contribution in [3.63, 3.8) is 0 Å². The molecular formula is C10H11F2NO2. The Hall–Kier alpha value is -1.65. The van der Waals surface area contributed by atoms with Crippen molar-refractivity contribution in [2.45, 2.75) is 13.3 Å². The number of carboxylic acid groups (broad SMARTS) is 1. The van der Waals surface area contributed by atoms with Gasteiger partial charge in [-0.05, 0) is 18.6 Å². The Bertz CT molecular complexity index is 380. The highest BCUT2D eigenvalue weighted by Gasteiger charge is 2.10. The second kappa shape index (κ2) is 4.72. The van der Waals surface area contributed by atoms with E-state index in [9.17, 15) is 13.6 Å². The first-order chi connectivity index (χ1) is 7.02. The minimum absolute atomic E-state index is 0.00731. The number of rotatable bonds is 4. The van der Waals surface area contributed by atoms with E-state index in [-0.39, 0.29) is 18.7 Å². The van der Waals surface area contributed by atoms with Crippen molar-refractivity contribution in [3.05, 3.63) is 29.3 Å². The fourth-order valence-corrected chi connectivity index (χ4v) is 1.11. The largest absolute Gasteiger partial charge is 0.481 e. The number of hydrogen-bond acceptors (Lipinski definition) is 2. The van der Waals surface area contributed by atoms with Crippen molar-refractivity contribution in [1.29, 1.82) is 0 Å². The van der Waals surface area contributed by atoms with E-state index in [0.29, 0.717) is 5.56 Å². The molecule has 82 valence electrons. The lowest BCUT2D eigenvalue weighted by atomic mass is 10.2. The average Bonchev–Trinajstić information content (AvgIpc) is 2.17. The second-order valence-electron chi connectivity index (χ2n) is 3.12. The molecule has 0 aromatic heterocycles. The number of aryl methyl sites for hydroxylation is 1. The molecule has 0 radical (unpaired) electrons. The molecule has 0 unspecified atom stereocenters. The molecule has 0 spiro atoms. The predicted molar refractivity (Wildman–Crippen MR) is 51.8 cm³/mol. The molecule has 0 heterocycles. The molecule has 0 aliphatic heterocycles. The van der Waals surface area contributed by atoms with Gasteiger partial charge in [0.15, 0.2) is 5.82 Å². The summed E-state index contributed by atoms with van der Waals surface area (Å²) in [7, 11) is 0. The van der Waals surface area contributed by atoms with Crippen LogP contribution < -0.4 is 5.32 Å². The maximum absolute atomic E-state index is 13.3. The molecule has 3 nitrogen and oxygen atoms in total. The van der Waals surface area contributed by atoms with Gasteiger partial charge in [-0.2, -0.15) is 0 Å². The molecule has 0 fully saturated rings. The van der Waals surface area contributed by atoms with Crippen LogP contribution >= 0.6 is 0 Å². The minimum atomic E-state index is -1.02. The van der Waals surface area contributed by atoms with Gasteiger partial charge in [0, 0.05) is 6.54 Å². The lowest BCUT2D eigenvalue weighted by Crippen LogP contribution is -2.10. The summed E-state index contributed by atoms with van der Waals surface area (Å²) in [6.07, 6.45) is -0.188. The van der Waals surface area contributed by atoms with Crippen molar-refractivity contribution in [2.75, 3.05) is 11.9 Å². The summed E-state index contributed by atoms with van der Waals surface area (Å²) in [5, 5.41) is 10.8. The van der Waals surface area contributed by atoms with Gasteiger partial charge in [0.05, 0.1) is 6.42 Å². The van der Waals surface area contributed by atoms with Crippen LogP contribution in [0, 0.1) is 18.6 Å². The fourth-order valence-electron chi connectivity index (χ4n) is 1.11. The smallest absolute Gasteiger partial charge is 0.305 e. The van der Waals surface area contributed by atoms with Gasteiger partial charge in [-0.3, -0.25) is 4.79 Å². The Morgan fingerprint density at radius 3 is 2.73 bits per heavy atom. The predicted octanol–water partition coefficient (Wildman–Crippen LogP) is 2.16. The molecule has 0 bridgehead atoms. The number of aliphatic carboxylic acids is 1. The molecule has 0 atom stereocenters. The Balaban J connectivity index is 2.75. The van der Waals surface area contributed by atoms with Crippen LogP contribution in [0.1, 0.15) is 12.0 Å². The SMILES string of the molecule is Cc1ccc(F)c(NCCC(=O)O)c1F. The third kappa shape index (κ3) is 2.90. The lowest BCUT2D eigenvalue weighted by Gasteiger charge is -2.08. The van der Waals surface area contributed by atoms with Gasteiger partial charge in [0.25, 0.3) is 0 Å². The second-order valence-corrected chi connectivity index (χ2v) is 3.12. The quantitative estimate of drug-likeness (QED) is 0.809. The van der Waals surface area contributed by atoms with Crippen LogP contribution in [-0.2, 0) is 4.79 Å². The average molecular weight is 215 g/mol. The Morgan fingerprint density at radius 2 is 2.13 bits per heavy atom. The fraction of sp³-hybridized carbons (Fsp3) is 0.300. The van der Waals surface area contributed by atoms with Gasteiger partial charge in [-0.15, -0.1) is 0 Å². The highest BCUT2D eigenvalue weighted by molar-refractivity contribution is 5.67. The van der Waals surface area contributed by atoms with Crippen molar-refractivity contribution < 1.29 is 18.7 Å². The van der Waals surface area contributed by atoms with Crippen LogP contribution in [0.3, 0.4) is 0 Å². The summed E-state index contributed by atoms with van der Waals surface area (Å²) in [5.41, 5.74) is 0.0467. The zero-order valence-electron chi connectivity index (χ0n) is 8.18. The minimum Gasteiger partial charge on any atom is -0.481 e. The summed E-state index contributed by atoms with van der Waals surface area (Å²) in [5.74, 6) is -2.42. The summed E-state index contributed by atoms with van der Waals surface area (Å²) in [6.45, 7) is 1.50. The highest BCUT2D eigenvalue weighted by atomic mass is 19.1. The summed E-state index contributed by atoms with van der Waals surface area (Å²) in [4.78, 5) is 10.2. The van der Waals surface area contributed by atoms with Crippen LogP contribution in [0.15, 0.2) is 12.1 Å². The highest BCUT2D eigenvalue weighted by Crippen LogP contribution is 2.21. The molecule has 1 aromatic rings. The molecule has 2 N–H and O–H groups in total. The van der Waals surface area contributed by atoms with Crippen LogP contribution in [0.5, 0.6) is 0 Å². The molecule has 1 aromatic carbocycles. The van der Waals surface area contributed by atoms with E-state index in [0.717, 1.165) is 6.07 Å². The molecule has 0 saturated heterocycles. The van der Waals surface area contributed by atoms with Gasteiger partial charge in [-0.25, -0.2) is 8.78 Å². The van der Waals surface area contributed by atoms with E-state index < -0.39 is 17.6 Å². The molecule has 1 rings (SSSR count). The van der Waals surface area contributed by atoms with Crippen LogP contribution in [0.2, 0.25) is 0 Å². The molecule has 0 aliphatic carbocycles. The molecule has 0 aliphatic rings. The molecular weight excluding hydrogens is 204 g/mol. The van der Waals surface area contributed by atoms with Gasteiger partial charge < -0.3 is 10.4 Å². The van der Waals surface area contributed by atoms with Crippen LogP contribution in [-0.4, -0.2) is 17.6 Å². The number of carbonyl (C=O) groups is 1. The van der Waals surface area contributed by atoms with E-state index in [1.54, 1.807) is 0 Å². The van der Waals surface area contributed by atoms with E-state index >= 15 is 0 Å².